The number of rotatable bonds is 4. The molecule has 9 heavy (non-hydrogen) atoms. The van der Waals surface area contributed by atoms with Crippen LogP contribution in [0.5, 0.6) is 0 Å². The molecule has 0 aromatic heterocycles. The van der Waals surface area contributed by atoms with E-state index in [1.807, 2.05) is 0 Å². The van der Waals surface area contributed by atoms with Gasteiger partial charge in [-0.1, -0.05) is 0 Å². The number of carbonyl (C=O) groups is 2. The summed E-state index contributed by atoms with van der Waals surface area (Å²) in [6, 6.07) is 0. The van der Waals surface area contributed by atoms with Crippen molar-refractivity contribution in [3.8, 4) is 0 Å². The van der Waals surface area contributed by atoms with Gasteiger partial charge in [0.2, 0.25) is 5.24 Å². The van der Waals surface area contributed by atoms with Crippen LogP contribution in [0.2, 0.25) is 0 Å². The molecule has 0 aromatic rings. The molecule has 0 saturated carbocycles. The van der Waals surface area contributed by atoms with Crippen LogP contribution in [0.1, 0.15) is 12.8 Å². The second-order valence-corrected chi connectivity index (χ2v) is 2.42. The van der Waals surface area contributed by atoms with Crippen LogP contribution < -0.4 is 0 Å². The van der Waals surface area contributed by atoms with Crippen molar-refractivity contribution in [2.45, 2.75) is 18.2 Å². The molecule has 0 aliphatic heterocycles. The molecule has 0 rings (SSSR count). The van der Waals surface area contributed by atoms with Gasteiger partial charge in [-0.25, -0.2) is 0 Å². The van der Waals surface area contributed by atoms with Crippen LogP contribution in [0, 0.1) is 0 Å². The summed E-state index contributed by atoms with van der Waals surface area (Å²) in [6.07, 6.45) is 1.31. The first-order chi connectivity index (χ1) is 4.18. The Labute approximate surface area is 63.1 Å². The lowest BCUT2D eigenvalue weighted by molar-refractivity contribution is -0.111. The minimum atomic E-state index is -0.711. The number of hydrogen-bond donors (Lipinski definition) is 0. The molecule has 0 aliphatic rings. The zero-order valence-electron chi connectivity index (χ0n) is 4.64. The molecule has 0 spiro atoms. The molecule has 0 amide bonds. The normalized spacial score (nSPS) is 12.7. The van der Waals surface area contributed by atoms with Crippen molar-refractivity contribution in [2.75, 3.05) is 0 Å². The van der Waals surface area contributed by atoms with Crippen LogP contribution in [0.4, 0.5) is 0 Å². The highest BCUT2D eigenvalue weighted by atomic mass is 35.5. The van der Waals surface area contributed by atoms with Crippen molar-refractivity contribution < 1.29 is 9.59 Å². The molecule has 0 N–H and O–H groups in total. The van der Waals surface area contributed by atoms with Crippen molar-refractivity contribution in [3.63, 3.8) is 0 Å². The first-order valence-electron chi connectivity index (χ1n) is 2.45. The van der Waals surface area contributed by atoms with Gasteiger partial charge in [0, 0.05) is 6.42 Å². The molecule has 4 heteroatoms. The van der Waals surface area contributed by atoms with Crippen LogP contribution >= 0.6 is 23.2 Å². The van der Waals surface area contributed by atoms with E-state index in [0.29, 0.717) is 12.7 Å². The van der Waals surface area contributed by atoms with Gasteiger partial charge < -0.3 is 4.79 Å². The third-order valence-electron chi connectivity index (χ3n) is 0.784. The van der Waals surface area contributed by atoms with Gasteiger partial charge in [-0.05, 0) is 18.0 Å². The Balaban J connectivity index is 3.37. The van der Waals surface area contributed by atoms with Crippen LogP contribution in [0.25, 0.3) is 0 Å². The van der Waals surface area contributed by atoms with Gasteiger partial charge in [0.15, 0.2) is 0 Å². The summed E-state index contributed by atoms with van der Waals surface area (Å²) in [5, 5.41) is -1.31. The SMILES string of the molecule is O=CCCC(Cl)C(=O)Cl. The Kier molecular flexibility index (Phi) is 4.72. The molecular formula is C5H6Cl2O2. The fourth-order valence-corrected chi connectivity index (χ4v) is 0.563. The summed E-state index contributed by atoms with van der Waals surface area (Å²) in [5.74, 6) is 0. The van der Waals surface area contributed by atoms with Crippen LogP contribution in [-0.2, 0) is 9.59 Å². The van der Waals surface area contributed by atoms with Crippen molar-refractivity contribution >= 4 is 34.7 Å². The molecule has 0 aromatic carbocycles. The van der Waals surface area contributed by atoms with Gasteiger partial charge in [-0.2, -0.15) is 0 Å². The van der Waals surface area contributed by atoms with Gasteiger partial charge in [0.25, 0.3) is 0 Å². The average Bonchev–Trinajstić information content (AvgIpc) is 1.82. The number of carbonyl (C=O) groups excluding carboxylic acids is 2. The summed E-state index contributed by atoms with van der Waals surface area (Å²) in [7, 11) is 0. The molecular weight excluding hydrogens is 163 g/mol. The van der Waals surface area contributed by atoms with Gasteiger partial charge in [0.05, 0.1) is 0 Å². The van der Waals surface area contributed by atoms with E-state index in [0.717, 1.165) is 0 Å². The molecule has 0 saturated heterocycles. The summed E-state index contributed by atoms with van der Waals surface area (Å²) >= 11 is 10.3. The summed E-state index contributed by atoms with van der Waals surface area (Å²) in [6.45, 7) is 0. The Morgan fingerprint density at radius 2 is 2.22 bits per heavy atom. The minimum absolute atomic E-state index is 0.284. The molecule has 0 bridgehead atoms. The molecule has 1 unspecified atom stereocenters. The zero-order valence-corrected chi connectivity index (χ0v) is 6.15. The highest BCUT2D eigenvalue weighted by molar-refractivity contribution is 6.69. The Morgan fingerprint density at radius 3 is 2.56 bits per heavy atom. The maximum absolute atomic E-state index is 10.2. The van der Waals surface area contributed by atoms with E-state index in [1.54, 1.807) is 0 Å². The fourth-order valence-electron chi connectivity index (χ4n) is 0.328. The van der Waals surface area contributed by atoms with Crippen molar-refractivity contribution in [1.82, 2.24) is 0 Å². The predicted octanol–water partition coefficient (Wildman–Crippen LogP) is 1.34. The summed E-state index contributed by atoms with van der Waals surface area (Å²) < 4.78 is 0. The predicted molar refractivity (Wildman–Crippen MR) is 35.8 cm³/mol. The minimum Gasteiger partial charge on any atom is -0.303 e. The number of halogens is 2. The number of hydrogen-bond acceptors (Lipinski definition) is 2. The van der Waals surface area contributed by atoms with Gasteiger partial charge in [0.1, 0.15) is 11.7 Å². The fraction of sp³-hybridized carbons (Fsp3) is 0.600. The van der Waals surface area contributed by atoms with Crippen molar-refractivity contribution in [3.05, 3.63) is 0 Å². The van der Waals surface area contributed by atoms with Gasteiger partial charge in [-0.15, -0.1) is 11.6 Å². The van der Waals surface area contributed by atoms with Crippen molar-refractivity contribution in [2.24, 2.45) is 0 Å². The van der Waals surface area contributed by atoms with E-state index in [9.17, 15) is 9.59 Å². The van der Waals surface area contributed by atoms with Crippen LogP contribution in [0.3, 0.4) is 0 Å². The van der Waals surface area contributed by atoms with E-state index < -0.39 is 10.6 Å². The monoisotopic (exact) mass is 168 g/mol. The van der Waals surface area contributed by atoms with Gasteiger partial charge in [-0.3, -0.25) is 4.79 Å². The summed E-state index contributed by atoms with van der Waals surface area (Å²) in [5.41, 5.74) is 0. The van der Waals surface area contributed by atoms with Crippen LogP contribution in [0.15, 0.2) is 0 Å². The Hall–Kier alpha value is -0.0800. The highest BCUT2D eigenvalue weighted by Crippen LogP contribution is 2.07. The first kappa shape index (κ1) is 8.92. The third kappa shape index (κ3) is 4.43. The molecule has 0 radical (unpaired) electrons. The van der Waals surface area contributed by atoms with E-state index in [2.05, 4.69) is 0 Å². The first-order valence-corrected chi connectivity index (χ1v) is 3.27. The molecule has 0 aliphatic carbocycles. The Bertz CT molecular complexity index is 114. The second-order valence-electron chi connectivity index (χ2n) is 1.52. The van der Waals surface area contributed by atoms with Crippen LogP contribution in [-0.4, -0.2) is 16.9 Å². The zero-order chi connectivity index (χ0) is 7.28. The largest absolute Gasteiger partial charge is 0.303 e. The lowest BCUT2D eigenvalue weighted by Crippen LogP contribution is -2.06. The van der Waals surface area contributed by atoms with Crippen molar-refractivity contribution in [1.29, 1.82) is 0 Å². The van der Waals surface area contributed by atoms with E-state index in [4.69, 9.17) is 23.2 Å². The molecule has 2 nitrogen and oxygen atoms in total. The summed E-state index contributed by atoms with van der Waals surface area (Å²) in [4.78, 5) is 19.9. The maximum Gasteiger partial charge on any atom is 0.239 e. The standard InChI is InChI=1S/C5H6Cl2O2/c6-4(5(7)9)2-1-3-8/h3-4H,1-2H2. The lowest BCUT2D eigenvalue weighted by atomic mass is 10.3. The maximum atomic E-state index is 10.2. The quantitative estimate of drug-likeness (QED) is 0.361. The molecule has 52 valence electrons. The average molecular weight is 169 g/mol. The van der Waals surface area contributed by atoms with E-state index >= 15 is 0 Å². The third-order valence-corrected chi connectivity index (χ3v) is 1.58. The number of aldehydes is 1. The second kappa shape index (κ2) is 4.77. The topological polar surface area (TPSA) is 34.1 Å². The molecule has 0 fully saturated rings. The molecule has 1 atom stereocenters. The smallest absolute Gasteiger partial charge is 0.239 e. The van der Waals surface area contributed by atoms with Gasteiger partial charge >= 0.3 is 0 Å². The lowest BCUT2D eigenvalue weighted by Gasteiger charge is -1.96. The molecule has 0 heterocycles. The highest BCUT2D eigenvalue weighted by Gasteiger charge is 2.10. The Morgan fingerprint density at radius 1 is 1.67 bits per heavy atom. The van der Waals surface area contributed by atoms with E-state index in [-0.39, 0.29) is 6.42 Å². The number of alkyl halides is 1. The van der Waals surface area contributed by atoms with E-state index in [1.165, 1.54) is 0 Å².